The van der Waals surface area contributed by atoms with Gasteiger partial charge in [0.2, 0.25) is 0 Å². The van der Waals surface area contributed by atoms with Gasteiger partial charge in [0.25, 0.3) is 5.91 Å². The maximum absolute atomic E-state index is 12.6. The van der Waals surface area contributed by atoms with Gasteiger partial charge in [-0.3, -0.25) is 4.79 Å². The zero-order valence-electron chi connectivity index (χ0n) is 14.3. The average molecular weight is 355 g/mol. The zero-order valence-corrected chi connectivity index (χ0v) is 15.2. The van der Waals surface area contributed by atoms with Gasteiger partial charge in [0, 0.05) is 36.8 Å². The highest BCUT2D eigenvalue weighted by Gasteiger charge is 2.18. The average Bonchev–Trinajstić information content (AvgIpc) is 3.32. The molecule has 0 fully saturated rings. The number of nitrogens with zero attached hydrogens (tertiary/aromatic N) is 4. The van der Waals surface area contributed by atoms with Crippen LogP contribution < -0.4 is 5.32 Å². The molecule has 0 saturated carbocycles. The van der Waals surface area contributed by atoms with Crippen molar-refractivity contribution in [3.8, 4) is 16.3 Å². The Kier molecular flexibility index (Phi) is 5.57. The van der Waals surface area contributed by atoms with Gasteiger partial charge in [0.15, 0.2) is 0 Å². The lowest BCUT2D eigenvalue weighted by atomic mass is 10.3. The molecule has 130 valence electrons. The highest BCUT2D eigenvalue weighted by molar-refractivity contribution is 7.13. The van der Waals surface area contributed by atoms with Crippen molar-refractivity contribution in [1.29, 1.82) is 0 Å². The lowest BCUT2D eigenvalue weighted by Crippen LogP contribution is -2.36. The molecule has 2 heterocycles. The van der Waals surface area contributed by atoms with Crippen molar-refractivity contribution < 1.29 is 4.79 Å². The predicted octanol–water partition coefficient (Wildman–Crippen LogP) is 2.68. The third-order valence-electron chi connectivity index (χ3n) is 3.87. The molecule has 0 saturated heterocycles. The van der Waals surface area contributed by atoms with E-state index in [4.69, 9.17) is 0 Å². The van der Waals surface area contributed by atoms with E-state index in [1.807, 2.05) is 60.6 Å². The molecule has 0 atom stereocenters. The summed E-state index contributed by atoms with van der Waals surface area (Å²) in [5.74, 6) is -0.0318. The molecule has 25 heavy (non-hydrogen) atoms. The second-order valence-electron chi connectivity index (χ2n) is 5.54. The predicted molar refractivity (Wildman–Crippen MR) is 100 cm³/mol. The van der Waals surface area contributed by atoms with Gasteiger partial charge in [-0.25, -0.2) is 9.67 Å². The summed E-state index contributed by atoms with van der Waals surface area (Å²) in [6.07, 6.45) is 3.71. The molecule has 1 aromatic carbocycles. The smallest absolute Gasteiger partial charge is 0.273 e. The molecular weight excluding hydrogens is 334 g/mol. The molecule has 0 aliphatic heterocycles. The van der Waals surface area contributed by atoms with Crippen molar-refractivity contribution in [2.75, 3.05) is 26.7 Å². The van der Waals surface area contributed by atoms with Gasteiger partial charge in [-0.05, 0) is 26.1 Å². The lowest BCUT2D eigenvalue weighted by molar-refractivity contribution is 0.0761. The molecule has 0 spiro atoms. The standard InChI is InChI=1S/C18H21N5OS/c1-3-22(10-9-19-2)18(24)16-13-25-17(21-16)14-11-20-23(12-14)15-7-5-4-6-8-15/h4-8,11-13,19H,3,9-10H2,1-2H3. The molecule has 2 aromatic heterocycles. The molecule has 6 nitrogen and oxygen atoms in total. The fourth-order valence-corrected chi connectivity index (χ4v) is 3.24. The summed E-state index contributed by atoms with van der Waals surface area (Å²) in [4.78, 5) is 18.9. The van der Waals surface area contributed by atoms with Gasteiger partial charge in [-0.15, -0.1) is 11.3 Å². The molecular formula is C18H21N5OS. The largest absolute Gasteiger partial charge is 0.336 e. The molecule has 0 aliphatic rings. The highest BCUT2D eigenvalue weighted by atomic mass is 32.1. The molecule has 3 rings (SSSR count). The van der Waals surface area contributed by atoms with Crippen LogP contribution in [0.5, 0.6) is 0 Å². The Morgan fingerprint density at radius 2 is 2.12 bits per heavy atom. The summed E-state index contributed by atoms with van der Waals surface area (Å²) < 4.78 is 1.81. The fraction of sp³-hybridized carbons (Fsp3) is 0.278. The fourth-order valence-electron chi connectivity index (χ4n) is 2.47. The number of hydrogen-bond donors (Lipinski definition) is 1. The minimum atomic E-state index is -0.0318. The van der Waals surface area contributed by atoms with Gasteiger partial charge in [0.05, 0.1) is 11.9 Å². The maximum atomic E-state index is 12.6. The first-order valence-corrected chi connectivity index (χ1v) is 9.10. The number of para-hydroxylation sites is 1. The number of carbonyl (C=O) groups is 1. The molecule has 0 aliphatic carbocycles. The van der Waals surface area contributed by atoms with E-state index in [1.165, 1.54) is 11.3 Å². The second-order valence-corrected chi connectivity index (χ2v) is 6.39. The Bertz CT molecular complexity index is 827. The van der Waals surface area contributed by atoms with Crippen molar-refractivity contribution in [3.05, 3.63) is 53.8 Å². The normalized spacial score (nSPS) is 10.8. The van der Waals surface area contributed by atoms with Crippen molar-refractivity contribution >= 4 is 17.2 Å². The van der Waals surface area contributed by atoms with Gasteiger partial charge in [0.1, 0.15) is 10.7 Å². The summed E-state index contributed by atoms with van der Waals surface area (Å²) in [7, 11) is 1.88. The van der Waals surface area contributed by atoms with Gasteiger partial charge in [-0.1, -0.05) is 18.2 Å². The molecule has 0 bridgehead atoms. The van der Waals surface area contributed by atoms with E-state index >= 15 is 0 Å². The van der Waals surface area contributed by atoms with E-state index in [0.717, 1.165) is 22.8 Å². The van der Waals surface area contributed by atoms with Crippen molar-refractivity contribution in [3.63, 3.8) is 0 Å². The van der Waals surface area contributed by atoms with Crippen LogP contribution in [-0.4, -0.2) is 52.3 Å². The SMILES string of the molecule is CCN(CCNC)C(=O)c1csc(-c2cnn(-c3ccccc3)c2)n1. The van der Waals surface area contributed by atoms with E-state index < -0.39 is 0 Å². The van der Waals surface area contributed by atoms with Gasteiger partial charge in [-0.2, -0.15) is 5.10 Å². The number of aromatic nitrogens is 3. The number of hydrogen-bond acceptors (Lipinski definition) is 5. The third kappa shape index (κ3) is 3.94. The van der Waals surface area contributed by atoms with E-state index in [1.54, 1.807) is 11.1 Å². The summed E-state index contributed by atoms with van der Waals surface area (Å²) in [6.45, 7) is 4.08. The Hall–Kier alpha value is -2.51. The summed E-state index contributed by atoms with van der Waals surface area (Å²) in [5.41, 5.74) is 2.39. The third-order valence-corrected chi connectivity index (χ3v) is 4.77. The van der Waals surface area contributed by atoms with Gasteiger partial charge < -0.3 is 10.2 Å². The second kappa shape index (κ2) is 8.04. The Morgan fingerprint density at radius 1 is 1.32 bits per heavy atom. The number of likely N-dealkylation sites (N-methyl/N-ethyl adjacent to an activating group) is 2. The first-order valence-electron chi connectivity index (χ1n) is 8.22. The van der Waals surface area contributed by atoms with Crippen LogP contribution in [-0.2, 0) is 0 Å². The molecule has 1 N–H and O–H groups in total. The Morgan fingerprint density at radius 3 is 2.84 bits per heavy atom. The Balaban J connectivity index is 1.77. The van der Waals surface area contributed by atoms with Crippen molar-refractivity contribution in [2.24, 2.45) is 0 Å². The van der Waals surface area contributed by atoms with Crippen LogP contribution in [0.4, 0.5) is 0 Å². The molecule has 0 radical (unpaired) electrons. The van der Waals surface area contributed by atoms with E-state index in [-0.39, 0.29) is 5.91 Å². The minimum Gasteiger partial charge on any atom is -0.336 e. The van der Waals surface area contributed by atoms with Crippen molar-refractivity contribution in [1.82, 2.24) is 25.0 Å². The van der Waals surface area contributed by atoms with Crippen molar-refractivity contribution in [2.45, 2.75) is 6.92 Å². The van der Waals surface area contributed by atoms with Crippen LogP contribution in [0.15, 0.2) is 48.1 Å². The first-order chi connectivity index (χ1) is 12.2. The quantitative estimate of drug-likeness (QED) is 0.708. The van der Waals surface area contributed by atoms with Crippen LogP contribution >= 0.6 is 11.3 Å². The number of benzene rings is 1. The molecule has 3 aromatic rings. The van der Waals surface area contributed by atoms with Crippen LogP contribution in [0.25, 0.3) is 16.3 Å². The van der Waals surface area contributed by atoms with Crippen LogP contribution in [0.1, 0.15) is 17.4 Å². The minimum absolute atomic E-state index is 0.0318. The van der Waals surface area contributed by atoms with E-state index in [9.17, 15) is 4.79 Å². The van der Waals surface area contributed by atoms with Crippen LogP contribution in [0.2, 0.25) is 0 Å². The molecule has 0 unspecified atom stereocenters. The highest BCUT2D eigenvalue weighted by Crippen LogP contribution is 2.24. The van der Waals surface area contributed by atoms with Gasteiger partial charge >= 0.3 is 0 Å². The number of thiazole rings is 1. The maximum Gasteiger partial charge on any atom is 0.273 e. The number of carbonyl (C=O) groups excluding carboxylic acids is 1. The lowest BCUT2D eigenvalue weighted by Gasteiger charge is -2.19. The summed E-state index contributed by atoms with van der Waals surface area (Å²) in [5, 5.41) is 10.1. The van der Waals surface area contributed by atoms with Crippen LogP contribution in [0, 0.1) is 0 Å². The summed E-state index contributed by atoms with van der Waals surface area (Å²) >= 11 is 1.46. The summed E-state index contributed by atoms with van der Waals surface area (Å²) in [6, 6.07) is 9.91. The van der Waals surface area contributed by atoms with Crippen LogP contribution in [0.3, 0.4) is 0 Å². The molecule has 1 amide bonds. The Labute approximate surface area is 151 Å². The molecule has 7 heteroatoms. The zero-order chi connectivity index (χ0) is 17.6. The number of nitrogens with one attached hydrogen (secondary N) is 1. The number of amides is 1. The monoisotopic (exact) mass is 355 g/mol. The topological polar surface area (TPSA) is 63.1 Å². The van der Waals surface area contributed by atoms with E-state index in [0.29, 0.717) is 18.8 Å². The first kappa shape index (κ1) is 17.3. The number of rotatable bonds is 7. The van der Waals surface area contributed by atoms with E-state index in [2.05, 4.69) is 15.4 Å².